The lowest BCUT2D eigenvalue weighted by molar-refractivity contribution is -0.143. The first-order valence-corrected chi connectivity index (χ1v) is 13.0. The Hall–Kier alpha value is -2.21. The minimum atomic E-state index is -0.714. The Labute approximate surface area is 204 Å². The van der Waals surface area contributed by atoms with Crippen LogP contribution in [0.3, 0.4) is 0 Å². The van der Waals surface area contributed by atoms with Gasteiger partial charge in [0.15, 0.2) is 0 Å². The number of carboxylic acids is 1. The molecule has 4 rings (SSSR count). The molecule has 2 saturated heterocycles. The Morgan fingerprint density at radius 3 is 2.29 bits per heavy atom. The van der Waals surface area contributed by atoms with Crippen molar-refractivity contribution < 1.29 is 15.0 Å². The molecule has 3 unspecified atom stereocenters. The van der Waals surface area contributed by atoms with Gasteiger partial charge in [0.05, 0.1) is 5.60 Å². The van der Waals surface area contributed by atoms with Crippen LogP contribution in [-0.4, -0.2) is 70.3 Å². The molecule has 2 heterocycles. The maximum absolute atomic E-state index is 11.8. The van der Waals surface area contributed by atoms with Gasteiger partial charge in [0.1, 0.15) is 6.04 Å². The number of piperidine rings is 1. The molecule has 0 spiro atoms. The molecule has 2 aliphatic heterocycles. The Balaban J connectivity index is 1.33. The molecule has 0 amide bonds. The first-order chi connectivity index (χ1) is 16.5. The molecule has 2 aromatic rings. The van der Waals surface area contributed by atoms with Crippen molar-refractivity contribution in [3.05, 3.63) is 71.8 Å². The van der Waals surface area contributed by atoms with Crippen LogP contribution in [0.15, 0.2) is 60.7 Å². The fourth-order valence-electron chi connectivity index (χ4n) is 6.01. The lowest BCUT2D eigenvalue weighted by atomic mass is 9.84. The Morgan fingerprint density at radius 1 is 1.03 bits per heavy atom. The van der Waals surface area contributed by atoms with Gasteiger partial charge in [0, 0.05) is 38.6 Å². The summed E-state index contributed by atoms with van der Waals surface area (Å²) in [4.78, 5) is 16.5. The molecule has 2 fully saturated rings. The van der Waals surface area contributed by atoms with Gasteiger partial charge >= 0.3 is 5.97 Å². The van der Waals surface area contributed by atoms with Crippen molar-refractivity contribution in [1.29, 1.82) is 0 Å². The molecule has 0 aliphatic carbocycles. The number of aliphatic carboxylic acids is 1. The molecule has 0 radical (unpaired) electrons. The summed E-state index contributed by atoms with van der Waals surface area (Å²) in [6.45, 7) is 6.38. The Bertz CT molecular complexity index is 896. The third kappa shape index (κ3) is 6.26. The summed E-state index contributed by atoms with van der Waals surface area (Å²) in [7, 11) is 0. The number of aliphatic hydroxyl groups is 1. The number of hydrogen-bond donors (Lipinski definition) is 2. The first kappa shape index (κ1) is 24.9. The largest absolute Gasteiger partial charge is 0.480 e. The summed E-state index contributed by atoms with van der Waals surface area (Å²) >= 11 is 0. The van der Waals surface area contributed by atoms with Crippen molar-refractivity contribution >= 4 is 5.97 Å². The number of rotatable bonds is 10. The molecule has 5 heteroatoms. The van der Waals surface area contributed by atoms with Gasteiger partial charge in [-0.3, -0.25) is 9.69 Å². The highest BCUT2D eigenvalue weighted by molar-refractivity contribution is 5.73. The maximum Gasteiger partial charge on any atom is 0.320 e. The van der Waals surface area contributed by atoms with Crippen molar-refractivity contribution in [3.63, 3.8) is 0 Å². The van der Waals surface area contributed by atoms with E-state index in [0.29, 0.717) is 18.3 Å². The molecule has 34 heavy (non-hydrogen) atoms. The summed E-state index contributed by atoms with van der Waals surface area (Å²) in [5.74, 6) is 0.0369. The number of aryl methyl sites for hydroxylation is 1. The van der Waals surface area contributed by atoms with Crippen LogP contribution in [0.4, 0.5) is 0 Å². The van der Waals surface area contributed by atoms with E-state index in [4.69, 9.17) is 0 Å². The molecule has 3 atom stereocenters. The van der Waals surface area contributed by atoms with Crippen LogP contribution in [0.2, 0.25) is 0 Å². The summed E-state index contributed by atoms with van der Waals surface area (Å²) in [6.07, 6.45) is 5.16. The van der Waals surface area contributed by atoms with E-state index in [1.54, 1.807) is 0 Å². The molecule has 5 nitrogen and oxygen atoms in total. The highest BCUT2D eigenvalue weighted by Gasteiger charge is 2.40. The van der Waals surface area contributed by atoms with E-state index in [0.717, 1.165) is 64.8 Å². The average Bonchev–Trinajstić information content (AvgIpc) is 3.25. The third-order valence-electron chi connectivity index (χ3n) is 8.04. The van der Waals surface area contributed by atoms with Crippen LogP contribution in [0.1, 0.15) is 56.1 Å². The van der Waals surface area contributed by atoms with Crippen LogP contribution < -0.4 is 0 Å². The van der Waals surface area contributed by atoms with Crippen LogP contribution in [0.25, 0.3) is 0 Å². The van der Waals surface area contributed by atoms with E-state index in [-0.39, 0.29) is 0 Å². The Kier molecular flexibility index (Phi) is 8.41. The fraction of sp³-hybridized carbons (Fsp3) is 0.552. The van der Waals surface area contributed by atoms with Gasteiger partial charge in [-0.2, -0.15) is 0 Å². The zero-order valence-corrected chi connectivity index (χ0v) is 20.5. The van der Waals surface area contributed by atoms with E-state index < -0.39 is 17.6 Å². The fourth-order valence-corrected chi connectivity index (χ4v) is 6.01. The SMILES string of the molecule is CCC(C(=O)O)N1CC(CN2CCC(O)(CCCc3ccccc3)CC2)C(c2ccccc2)C1. The second kappa shape index (κ2) is 11.5. The summed E-state index contributed by atoms with van der Waals surface area (Å²) < 4.78 is 0. The van der Waals surface area contributed by atoms with Crippen LogP contribution in [0.5, 0.6) is 0 Å². The smallest absolute Gasteiger partial charge is 0.320 e. The predicted molar refractivity (Wildman–Crippen MR) is 136 cm³/mol. The highest BCUT2D eigenvalue weighted by Crippen LogP contribution is 2.36. The number of benzene rings is 2. The normalized spacial score (nSPS) is 24.2. The van der Waals surface area contributed by atoms with Crippen molar-refractivity contribution in [2.24, 2.45) is 5.92 Å². The molecule has 0 saturated carbocycles. The van der Waals surface area contributed by atoms with Crippen molar-refractivity contribution in [3.8, 4) is 0 Å². The lowest BCUT2D eigenvalue weighted by Crippen LogP contribution is -2.46. The topological polar surface area (TPSA) is 64.0 Å². The number of carboxylic acid groups (broad SMARTS) is 1. The monoisotopic (exact) mass is 464 g/mol. The highest BCUT2D eigenvalue weighted by atomic mass is 16.4. The van der Waals surface area contributed by atoms with E-state index in [1.165, 1.54) is 11.1 Å². The third-order valence-corrected chi connectivity index (χ3v) is 8.04. The van der Waals surface area contributed by atoms with Crippen molar-refractivity contribution in [2.75, 3.05) is 32.7 Å². The second-order valence-corrected chi connectivity index (χ2v) is 10.4. The minimum absolute atomic E-state index is 0.348. The number of hydrogen-bond acceptors (Lipinski definition) is 4. The Morgan fingerprint density at radius 2 is 1.68 bits per heavy atom. The van der Waals surface area contributed by atoms with Gasteiger partial charge in [-0.15, -0.1) is 0 Å². The van der Waals surface area contributed by atoms with E-state index >= 15 is 0 Å². The molecule has 2 N–H and O–H groups in total. The zero-order chi connectivity index (χ0) is 24.0. The molecule has 0 aromatic heterocycles. The molecular weight excluding hydrogens is 424 g/mol. The van der Waals surface area contributed by atoms with E-state index in [9.17, 15) is 15.0 Å². The van der Waals surface area contributed by atoms with Crippen molar-refractivity contribution in [2.45, 2.75) is 63.0 Å². The maximum atomic E-state index is 11.8. The van der Waals surface area contributed by atoms with Gasteiger partial charge in [-0.25, -0.2) is 0 Å². The second-order valence-electron chi connectivity index (χ2n) is 10.4. The number of likely N-dealkylation sites (tertiary alicyclic amines) is 2. The molecule has 2 aromatic carbocycles. The molecule has 184 valence electrons. The molecular formula is C29H40N2O3. The van der Waals surface area contributed by atoms with Crippen LogP contribution in [0, 0.1) is 5.92 Å². The average molecular weight is 465 g/mol. The first-order valence-electron chi connectivity index (χ1n) is 13.0. The zero-order valence-electron chi connectivity index (χ0n) is 20.5. The van der Waals surface area contributed by atoms with Crippen LogP contribution in [-0.2, 0) is 11.2 Å². The standard InChI is InChI=1S/C29H40N2O3/c1-2-27(28(32)33)31-21-25(26(22-31)24-13-7-4-8-14-24)20-30-18-16-29(34,17-19-30)15-9-12-23-10-5-3-6-11-23/h3-8,10-11,13-14,25-27,34H,2,9,12,15-22H2,1H3,(H,32,33). The number of carbonyl (C=O) groups is 1. The van der Waals surface area contributed by atoms with Gasteiger partial charge in [0.25, 0.3) is 0 Å². The van der Waals surface area contributed by atoms with Gasteiger partial charge in [0.2, 0.25) is 0 Å². The molecule has 2 aliphatic rings. The van der Waals surface area contributed by atoms with Gasteiger partial charge in [-0.1, -0.05) is 67.6 Å². The van der Waals surface area contributed by atoms with Gasteiger partial charge < -0.3 is 15.1 Å². The summed E-state index contributed by atoms with van der Waals surface area (Å²) in [5.41, 5.74) is 2.10. The minimum Gasteiger partial charge on any atom is -0.480 e. The van der Waals surface area contributed by atoms with Crippen molar-refractivity contribution in [1.82, 2.24) is 9.80 Å². The summed E-state index contributed by atoms with van der Waals surface area (Å²) in [6, 6.07) is 20.7. The summed E-state index contributed by atoms with van der Waals surface area (Å²) in [5, 5.41) is 20.9. The number of nitrogens with zero attached hydrogens (tertiary/aromatic N) is 2. The predicted octanol–water partition coefficient (Wildman–Crippen LogP) is 4.42. The molecule has 0 bridgehead atoms. The van der Waals surface area contributed by atoms with Gasteiger partial charge in [-0.05, 0) is 55.6 Å². The quantitative estimate of drug-likeness (QED) is 0.545. The lowest BCUT2D eigenvalue weighted by Gasteiger charge is -2.40. The van der Waals surface area contributed by atoms with Crippen LogP contribution >= 0.6 is 0 Å². The van der Waals surface area contributed by atoms with E-state index in [2.05, 4.69) is 58.3 Å². The van der Waals surface area contributed by atoms with E-state index in [1.807, 2.05) is 19.1 Å².